The molecule has 0 bridgehead atoms. The lowest BCUT2D eigenvalue weighted by Gasteiger charge is -2.41. The summed E-state index contributed by atoms with van der Waals surface area (Å²) in [5.74, 6) is 0. The van der Waals surface area contributed by atoms with Crippen molar-refractivity contribution in [3.05, 3.63) is 74.9 Å². The van der Waals surface area contributed by atoms with Crippen LogP contribution in [0.3, 0.4) is 0 Å². The van der Waals surface area contributed by atoms with Crippen LogP contribution in [0.2, 0.25) is 15.1 Å². The Balaban J connectivity index is 1.91. The van der Waals surface area contributed by atoms with Gasteiger partial charge in [-0.25, -0.2) is 0 Å². The van der Waals surface area contributed by atoms with Gasteiger partial charge >= 0.3 is 0 Å². The number of nitrogens with one attached hydrogen (secondary N) is 1. The lowest BCUT2D eigenvalue weighted by molar-refractivity contribution is 0.307. The molecule has 0 radical (unpaired) electrons. The van der Waals surface area contributed by atoms with E-state index in [1.165, 1.54) is 0 Å². The molecule has 3 rings (SSSR count). The molecule has 142 valence electrons. The third-order valence-electron chi connectivity index (χ3n) is 4.72. The first-order chi connectivity index (χ1) is 12.6. The molecule has 0 amide bonds. The summed E-state index contributed by atoms with van der Waals surface area (Å²) in [6.45, 7) is 4.78. The Bertz CT molecular complexity index is 989. The van der Waals surface area contributed by atoms with Crippen LogP contribution in [0.15, 0.2) is 48.7 Å². The fourth-order valence-electron chi connectivity index (χ4n) is 2.88. The maximum atomic E-state index is 6.85. The molecule has 1 unspecified atom stereocenters. The lowest BCUT2D eigenvalue weighted by atomic mass is 9.87. The molecule has 1 aromatic heterocycles. The van der Waals surface area contributed by atoms with Gasteiger partial charge in [-0.15, -0.1) is 0 Å². The largest absolute Gasteiger partial charge is 0.312 e. The minimum Gasteiger partial charge on any atom is -0.312 e. The Morgan fingerprint density at radius 1 is 1.04 bits per heavy atom. The molecule has 3 nitrogen and oxygen atoms in total. The van der Waals surface area contributed by atoms with Gasteiger partial charge in [0.1, 0.15) is 3.55 Å². The van der Waals surface area contributed by atoms with Gasteiger partial charge in [0.15, 0.2) is 0 Å². The fraction of sp³-hybridized carbons (Fsp3) is 0.250. The van der Waals surface area contributed by atoms with E-state index in [1.807, 2.05) is 36.4 Å². The first kappa shape index (κ1) is 21.1. The van der Waals surface area contributed by atoms with Gasteiger partial charge in [-0.05, 0) is 55.3 Å². The van der Waals surface area contributed by atoms with Crippen LogP contribution in [0, 0.1) is 0 Å². The van der Waals surface area contributed by atoms with E-state index in [9.17, 15) is 0 Å². The third-order valence-corrected chi connectivity index (χ3v) is 7.63. The molecule has 0 spiro atoms. The number of fused-ring (bicyclic) bond motifs is 1. The zero-order valence-corrected chi connectivity index (χ0v) is 19.3. The topological polar surface area (TPSA) is 50.9 Å². The lowest BCUT2D eigenvalue weighted by Crippen LogP contribution is -2.58. The summed E-state index contributed by atoms with van der Waals surface area (Å²) in [5.41, 5.74) is 9.28. The SMILES string of the molecule is CC(C)(NCc1ccc(Cl)c(Cl)c1)C(N)(I)c1ccnc2cc(Cl)ccc12. The number of hydrogen-bond acceptors (Lipinski definition) is 3. The number of pyridine rings is 1. The van der Waals surface area contributed by atoms with Crippen LogP contribution in [0.25, 0.3) is 10.9 Å². The number of benzene rings is 2. The molecule has 1 atom stereocenters. The second-order valence-corrected chi connectivity index (χ2v) is 9.91. The zero-order chi connectivity index (χ0) is 19.8. The van der Waals surface area contributed by atoms with Crippen LogP contribution in [0.5, 0.6) is 0 Å². The van der Waals surface area contributed by atoms with E-state index < -0.39 is 9.08 Å². The summed E-state index contributed by atoms with van der Waals surface area (Å²) in [6.07, 6.45) is 1.77. The summed E-state index contributed by atoms with van der Waals surface area (Å²) < 4.78 is -0.698. The van der Waals surface area contributed by atoms with Gasteiger partial charge in [-0.3, -0.25) is 4.98 Å². The zero-order valence-electron chi connectivity index (χ0n) is 14.9. The third kappa shape index (κ3) is 4.36. The molecular formula is C20H19Cl3IN3. The van der Waals surface area contributed by atoms with Gasteiger partial charge < -0.3 is 11.1 Å². The molecule has 0 aliphatic heterocycles. The molecule has 1 heterocycles. The predicted octanol–water partition coefficient (Wildman–Crippen LogP) is 6.31. The summed E-state index contributed by atoms with van der Waals surface area (Å²) >= 11 is 20.5. The Morgan fingerprint density at radius 2 is 1.78 bits per heavy atom. The molecule has 3 N–H and O–H groups in total. The first-order valence-corrected chi connectivity index (χ1v) is 10.5. The van der Waals surface area contributed by atoms with E-state index in [-0.39, 0.29) is 0 Å². The minimum atomic E-state index is -0.698. The number of alkyl halides is 1. The molecule has 7 heteroatoms. The van der Waals surface area contributed by atoms with Crippen molar-refractivity contribution in [1.29, 1.82) is 0 Å². The van der Waals surface area contributed by atoms with E-state index in [2.05, 4.69) is 46.7 Å². The highest BCUT2D eigenvalue weighted by Gasteiger charge is 2.41. The highest BCUT2D eigenvalue weighted by molar-refractivity contribution is 14.1. The number of rotatable bonds is 5. The van der Waals surface area contributed by atoms with Crippen molar-refractivity contribution >= 4 is 68.3 Å². The van der Waals surface area contributed by atoms with E-state index in [1.54, 1.807) is 12.3 Å². The average Bonchev–Trinajstić information content (AvgIpc) is 2.61. The van der Waals surface area contributed by atoms with Crippen molar-refractivity contribution in [3.8, 4) is 0 Å². The monoisotopic (exact) mass is 533 g/mol. The van der Waals surface area contributed by atoms with Gasteiger partial charge in [-0.1, -0.05) is 69.5 Å². The molecular weight excluding hydrogens is 516 g/mol. The van der Waals surface area contributed by atoms with Crippen molar-refractivity contribution < 1.29 is 0 Å². The Morgan fingerprint density at radius 3 is 2.48 bits per heavy atom. The second kappa shape index (κ2) is 8.01. The smallest absolute Gasteiger partial charge is 0.112 e. The van der Waals surface area contributed by atoms with Gasteiger partial charge in [0.05, 0.1) is 15.6 Å². The van der Waals surface area contributed by atoms with Crippen LogP contribution < -0.4 is 11.1 Å². The van der Waals surface area contributed by atoms with Gasteiger partial charge in [0.2, 0.25) is 0 Å². The van der Waals surface area contributed by atoms with Crippen molar-refractivity contribution in [2.24, 2.45) is 5.73 Å². The summed E-state index contributed by atoms with van der Waals surface area (Å²) in [7, 11) is 0. The standard InChI is InChI=1S/C20H19Cl3IN3/c1-19(2,27-11-12-3-6-16(22)17(23)9-12)20(24,25)15-7-8-26-18-10-13(21)4-5-14(15)18/h3-10,27H,11,25H2,1-2H3. The maximum absolute atomic E-state index is 6.85. The van der Waals surface area contributed by atoms with Crippen LogP contribution in [0.1, 0.15) is 25.0 Å². The van der Waals surface area contributed by atoms with E-state index >= 15 is 0 Å². The molecule has 0 fully saturated rings. The predicted molar refractivity (Wildman–Crippen MR) is 124 cm³/mol. The number of nitrogens with two attached hydrogens (primary N) is 1. The van der Waals surface area contributed by atoms with Gasteiger partial charge in [0.25, 0.3) is 0 Å². The van der Waals surface area contributed by atoms with Gasteiger partial charge in [0, 0.05) is 28.7 Å². The Kier molecular flexibility index (Phi) is 6.26. The van der Waals surface area contributed by atoms with Crippen LogP contribution in [-0.2, 0) is 10.1 Å². The van der Waals surface area contributed by atoms with Crippen LogP contribution in [0.4, 0.5) is 0 Å². The fourth-order valence-corrected chi connectivity index (χ4v) is 4.02. The highest BCUT2D eigenvalue weighted by atomic mass is 127. The maximum Gasteiger partial charge on any atom is 0.112 e. The molecule has 3 aromatic rings. The number of aromatic nitrogens is 1. The Hall–Kier alpha value is -0.630. The van der Waals surface area contributed by atoms with E-state index in [4.69, 9.17) is 40.5 Å². The number of halogens is 4. The molecule has 0 aliphatic carbocycles. The van der Waals surface area contributed by atoms with Crippen molar-refractivity contribution in [2.75, 3.05) is 0 Å². The van der Waals surface area contributed by atoms with E-state index in [0.29, 0.717) is 21.6 Å². The minimum absolute atomic E-state index is 0.437. The molecule has 2 aromatic carbocycles. The van der Waals surface area contributed by atoms with Gasteiger partial charge in [-0.2, -0.15) is 0 Å². The highest BCUT2D eigenvalue weighted by Crippen LogP contribution is 2.40. The quantitative estimate of drug-likeness (QED) is 0.229. The number of hydrogen-bond donors (Lipinski definition) is 2. The molecule has 0 saturated heterocycles. The summed E-state index contributed by atoms with van der Waals surface area (Å²) in [4.78, 5) is 4.42. The number of nitrogens with zero attached hydrogens (tertiary/aromatic N) is 1. The Labute approximate surface area is 187 Å². The average molecular weight is 535 g/mol. The summed E-state index contributed by atoms with van der Waals surface area (Å²) in [5, 5.41) is 6.28. The van der Waals surface area contributed by atoms with E-state index in [0.717, 1.165) is 22.0 Å². The summed E-state index contributed by atoms with van der Waals surface area (Å²) in [6, 6.07) is 13.3. The van der Waals surface area contributed by atoms with Crippen molar-refractivity contribution in [2.45, 2.75) is 29.5 Å². The second-order valence-electron chi connectivity index (χ2n) is 6.96. The van der Waals surface area contributed by atoms with Crippen molar-refractivity contribution in [3.63, 3.8) is 0 Å². The normalized spacial score (nSPS) is 14.3. The molecule has 0 saturated carbocycles. The molecule has 0 aliphatic rings. The molecule has 27 heavy (non-hydrogen) atoms. The van der Waals surface area contributed by atoms with Crippen molar-refractivity contribution in [1.82, 2.24) is 10.3 Å². The first-order valence-electron chi connectivity index (χ1n) is 8.33. The van der Waals surface area contributed by atoms with Crippen LogP contribution in [-0.4, -0.2) is 10.5 Å². The van der Waals surface area contributed by atoms with Crippen LogP contribution >= 0.6 is 57.4 Å².